The third-order valence-electron chi connectivity index (χ3n) is 3.23. The van der Waals surface area contributed by atoms with Gasteiger partial charge in [0.05, 0.1) is 5.69 Å². The molecule has 2 heteroatoms. The zero-order chi connectivity index (χ0) is 13.2. The molecular weight excluding hydrogens is 250 g/mol. The molecule has 0 atom stereocenters. The summed E-state index contributed by atoms with van der Waals surface area (Å²) in [6.07, 6.45) is 2.09. The van der Waals surface area contributed by atoms with E-state index in [0.29, 0.717) is 0 Å². The van der Waals surface area contributed by atoms with Crippen LogP contribution in [-0.2, 0) is 0 Å². The molecule has 0 bridgehead atoms. The van der Waals surface area contributed by atoms with E-state index in [9.17, 15) is 0 Å². The SMILES string of the molecule is CSc1ccc(-c2nc(C)cc3ccccc23)cc1. The van der Waals surface area contributed by atoms with Gasteiger partial charge < -0.3 is 0 Å². The van der Waals surface area contributed by atoms with Gasteiger partial charge in [-0.05, 0) is 36.8 Å². The maximum Gasteiger partial charge on any atom is 0.0783 e. The van der Waals surface area contributed by atoms with Crippen molar-refractivity contribution in [3.8, 4) is 11.3 Å². The zero-order valence-electron chi connectivity index (χ0n) is 11.1. The number of aryl methyl sites for hydroxylation is 1. The van der Waals surface area contributed by atoms with Crippen LogP contribution in [0, 0.1) is 6.92 Å². The first-order valence-corrected chi connectivity index (χ1v) is 7.51. The van der Waals surface area contributed by atoms with Gasteiger partial charge in [-0.3, -0.25) is 4.98 Å². The van der Waals surface area contributed by atoms with Crippen molar-refractivity contribution in [1.29, 1.82) is 0 Å². The molecule has 19 heavy (non-hydrogen) atoms. The second-order valence-electron chi connectivity index (χ2n) is 4.56. The van der Waals surface area contributed by atoms with E-state index in [0.717, 1.165) is 11.4 Å². The van der Waals surface area contributed by atoms with Gasteiger partial charge in [0.2, 0.25) is 0 Å². The molecule has 0 unspecified atom stereocenters. The van der Waals surface area contributed by atoms with E-state index < -0.39 is 0 Å². The van der Waals surface area contributed by atoms with E-state index in [-0.39, 0.29) is 0 Å². The fraction of sp³-hybridized carbons (Fsp3) is 0.118. The van der Waals surface area contributed by atoms with Gasteiger partial charge in [-0.1, -0.05) is 36.4 Å². The minimum atomic E-state index is 1.06. The highest BCUT2D eigenvalue weighted by Crippen LogP contribution is 2.28. The minimum absolute atomic E-state index is 1.06. The van der Waals surface area contributed by atoms with Crippen molar-refractivity contribution in [3.63, 3.8) is 0 Å². The van der Waals surface area contributed by atoms with Gasteiger partial charge in [-0.15, -0.1) is 11.8 Å². The van der Waals surface area contributed by atoms with Crippen LogP contribution in [0.2, 0.25) is 0 Å². The maximum absolute atomic E-state index is 4.72. The summed E-state index contributed by atoms with van der Waals surface area (Å²) >= 11 is 1.76. The highest BCUT2D eigenvalue weighted by Gasteiger charge is 2.06. The summed E-state index contributed by atoms with van der Waals surface area (Å²) in [6.45, 7) is 2.05. The Morgan fingerprint density at radius 2 is 1.68 bits per heavy atom. The predicted octanol–water partition coefficient (Wildman–Crippen LogP) is 4.93. The van der Waals surface area contributed by atoms with E-state index in [2.05, 4.69) is 60.9 Å². The molecule has 0 saturated carbocycles. The monoisotopic (exact) mass is 265 g/mol. The Morgan fingerprint density at radius 1 is 0.947 bits per heavy atom. The van der Waals surface area contributed by atoms with Gasteiger partial charge >= 0.3 is 0 Å². The molecule has 0 aliphatic heterocycles. The molecule has 1 nitrogen and oxygen atoms in total. The Hall–Kier alpha value is -1.80. The number of rotatable bonds is 2. The van der Waals surface area contributed by atoms with Crippen LogP contribution in [0.4, 0.5) is 0 Å². The number of hydrogen-bond donors (Lipinski definition) is 0. The molecule has 0 aliphatic rings. The Morgan fingerprint density at radius 3 is 2.42 bits per heavy atom. The number of nitrogens with zero attached hydrogens (tertiary/aromatic N) is 1. The fourth-order valence-corrected chi connectivity index (χ4v) is 2.71. The molecule has 0 aliphatic carbocycles. The Bertz CT molecular complexity index is 717. The molecule has 1 heterocycles. The van der Waals surface area contributed by atoms with E-state index in [1.807, 2.05) is 6.92 Å². The van der Waals surface area contributed by atoms with Crippen LogP contribution in [-0.4, -0.2) is 11.2 Å². The average Bonchev–Trinajstić information content (AvgIpc) is 2.46. The van der Waals surface area contributed by atoms with Gasteiger partial charge in [0.25, 0.3) is 0 Å². The van der Waals surface area contributed by atoms with Gasteiger partial charge in [0.1, 0.15) is 0 Å². The average molecular weight is 265 g/mol. The molecule has 0 amide bonds. The van der Waals surface area contributed by atoms with Gasteiger partial charge in [-0.25, -0.2) is 0 Å². The lowest BCUT2D eigenvalue weighted by molar-refractivity contribution is 1.22. The van der Waals surface area contributed by atoms with Crippen LogP contribution in [0.25, 0.3) is 22.0 Å². The van der Waals surface area contributed by atoms with Crippen molar-refractivity contribution < 1.29 is 0 Å². The second kappa shape index (κ2) is 5.06. The summed E-state index contributed by atoms with van der Waals surface area (Å²) in [5.41, 5.74) is 3.31. The number of pyridine rings is 1. The summed E-state index contributed by atoms with van der Waals surface area (Å²) in [4.78, 5) is 6.00. The normalized spacial score (nSPS) is 10.8. The van der Waals surface area contributed by atoms with E-state index in [1.54, 1.807) is 11.8 Å². The Balaban J connectivity index is 2.22. The molecule has 0 fully saturated rings. The highest BCUT2D eigenvalue weighted by molar-refractivity contribution is 7.98. The van der Waals surface area contributed by atoms with Crippen LogP contribution in [0.3, 0.4) is 0 Å². The number of benzene rings is 2. The van der Waals surface area contributed by atoms with Crippen LogP contribution < -0.4 is 0 Å². The van der Waals surface area contributed by atoms with Crippen molar-refractivity contribution >= 4 is 22.5 Å². The number of aromatic nitrogens is 1. The van der Waals surface area contributed by atoms with Gasteiger partial charge in [0.15, 0.2) is 0 Å². The molecule has 0 N–H and O–H groups in total. The van der Waals surface area contributed by atoms with Crippen LogP contribution in [0.15, 0.2) is 59.5 Å². The molecule has 3 aromatic rings. The minimum Gasteiger partial charge on any atom is -0.252 e. The Labute approximate surface area is 117 Å². The fourth-order valence-electron chi connectivity index (χ4n) is 2.30. The van der Waals surface area contributed by atoms with Crippen molar-refractivity contribution in [2.45, 2.75) is 11.8 Å². The van der Waals surface area contributed by atoms with Gasteiger partial charge in [-0.2, -0.15) is 0 Å². The van der Waals surface area contributed by atoms with Crippen LogP contribution >= 0.6 is 11.8 Å². The first-order valence-electron chi connectivity index (χ1n) is 6.29. The van der Waals surface area contributed by atoms with Crippen LogP contribution in [0.1, 0.15) is 5.69 Å². The second-order valence-corrected chi connectivity index (χ2v) is 5.44. The summed E-state index contributed by atoms with van der Waals surface area (Å²) in [5, 5.41) is 2.46. The lowest BCUT2D eigenvalue weighted by Crippen LogP contribution is -1.89. The molecule has 1 aromatic heterocycles. The third-order valence-corrected chi connectivity index (χ3v) is 3.98. The third kappa shape index (κ3) is 2.36. The Kier molecular flexibility index (Phi) is 3.26. The molecule has 3 rings (SSSR count). The summed E-state index contributed by atoms with van der Waals surface area (Å²) < 4.78 is 0. The van der Waals surface area contributed by atoms with E-state index in [1.165, 1.54) is 21.2 Å². The lowest BCUT2D eigenvalue weighted by atomic mass is 10.0. The van der Waals surface area contributed by atoms with Crippen molar-refractivity contribution in [2.75, 3.05) is 6.26 Å². The van der Waals surface area contributed by atoms with Crippen LogP contribution in [0.5, 0.6) is 0 Å². The first-order chi connectivity index (χ1) is 9.28. The predicted molar refractivity (Wildman–Crippen MR) is 83.7 cm³/mol. The summed E-state index contributed by atoms with van der Waals surface area (Å²) in [7, 11) is 0. The summed E-state index contributed by atoms with van der Waals surface area (Å²) in [5.74, 6) is 0. The molecule has 0 spiro atoms. The standard InChI is InChI=1S/C17H15NS/c1-12-11-14-5-3-4-6-16(14)17(18-12)13-7-9-15(19-2)10-8-13/h3-11H,1-2H3. The number of hydrogen-bond acceptors (Lipinski definition) is 2. The molecule has 0 saturated heterocycles. The smallest absolute Gasteiger partial charge is 0.0783 e. The lowest BCUT2D eigenvalue weighted by Gasteiger charge is -2.08. The summed E-state index contributed by atoms with van der Waals surface area (Å²) in [6, 6.07) is 19.2. The highest BCUT2D eigenvalue weighted by atomic mass is 32.2. The zero-order valence-corrected chi connectivity index (χ0v) is 11.9. The topological polar surface area (TPSA) is 12.9 Å². The van der Waals surface area contributed by atoms with Crippen molar-refractivity contribution in [3.05, 3.63) is 60.3 Å². The van der Waals surface area contributed by atoms with E-state index in [4.69, 9.17) is 4.98 Å². The number of fused-ring (bicyclic) bond motifs is 1. The first kappa shape index (κ1) is 12.2. The molecule has 94 valence electrons. The van der Waals surface area contributed by atoms with Crippen molar-refractivity contribution in [1.82, 2.24) is 4.98 Å². The largest absolute Gasteiger partial charge is 0.252 e. The van der Waals surface area contributed by atoms with Gasteiger partial charge in [0, 0.05) is 21.5 Å². The molecular formula is C17H15NS. The molecule has 0 radical (unpaired) electrons. The van der Waals surface area contributed by atoms with E-state index >= 15 is 0 Å². The quantitative estimate of drug-likeness (QED) is 0.609. The molecule has 2 aromatic carbocycles. The van der Waals surface area contributed by atoms with Crippen molar-refractivity contribution in [2.24, 2.45) is 0 Å². The number of thioether (sulfide) groups is 1. The maximum atomic E-state index is 4.72.